The molecule has 44 heavy (non-hydrogen) atoms. The van der Waals surface area contributed by atoms with Crippen molar-refractivity contribution < 1.29 is 19.0 Å². The number of thiazole rings is 1. The Morgan fingerprint density at radius 2 is 1.84 bits per heavy atom. The number of esters is 1. The molecule has 0 unspecified atom stereocenters. The van der Waals surface area contributed by atoms with Gasteiger partial charge in [0.15, 0.2) is 4.80 Å². The van der Waals surface area contributed by atoms with Gasteiger partial charge in [-0.05, 0) is 73.5 Å². The third-order valence-electron chi connectivity index (χ3n) is 6.92. The lowest BCUT2D eigenvalue weighted by molar-refractivity contribution is -0.139. The highest BCUT2D eigenvalue weighted by Crippen LogP contribution is 2.38. The van der Waals surface area contributed by atoms with E-state index in [4.69, 9.17) is 42.4 Å². The van der Waals surface area contributed by atoms with Gasteiger partial charge in [-0.1, -0.05) is 75.9 Å². The molecule has 1 aromatic heterocycles. The number of benzene rings is 3. The lowest BCUT2D eigenvalue weighted by Crippen LogP contribution is -2.40. The Bertz CT molecular complexity index is 1930. The molecule has 0 spiro atoms. The molecule has 0 N–H and O–H groups in total. The molecule has 11 heteroatoms. The van der Waals surface area contributed by atoms with Crippen LogP contribution in [0.1, 0.15) is 49.4 Å². The monoisotopic (exact) mass is 714 g/mol. The molecule has 0 bridgehead atoms. The lowest BCUT2D eigenvalue weighted by atomic mass is 9.93. The second-order valence-corrected chi connectivity index (χ2v) is 12.7. The topological polar surface area (TPSA) is 79.1 Å². The molecule has 3 aromatic carbocycles. The van der Waals surface area contributed by atoms with Crippen molar-refractivity contribution in [1.29, 1.82) is 0 Å². The molecule has 1 atom stereocenters. The van der Waals surface area contributed by atoms with Crippen LogP contribution in [0.4, 0.5) is 0 Å². The predicted octanol–water partition coefficient (Wildman–Crippen LogP) is 7.24. The van der Waals surface area contributed by atoms with Crippen LogP contribution in [0.3, 0.4) is 0 Å². The fourth-order valence-electron chi connectivity index (χ4n) is 5.03. The van der Waals surface area contributed by atoms with Crippen LogP contribution in [0.25, 0.3) is 6.08 Å². The number of halogens is 3. The Labute approximate surface area is 277 Å². The minimum absolute atomic E-state index is 0.182. The summed E-state index contributed by atoms with van der Waals surface area (Å²) in [5.74, 6) is 0.552. The van der Waals surface area contributed by atoms with Gasteiger partial charge in [-0.2, -0.15) is 0 Å². The Morgan fingerprint density at radius 1 is 1.07 bits per heavy atom. The van der Waals surface area contributed by atoms with E-state index >= 15 is 0 Å². The summed E-state index contributed by atoms with van der Waals surface area (Å²) in [6.45, 7) is 4.22. The first-order valence-electron chi connectivity index (χ1n) is 14.0. The first-order valence-corrected chi connectivity index (χ1v) is 16.3. The minimum Gasteiger partial charge on any atom is -0.496 e. The predicted molar refractivity (Wildman–Crippen MR) is 178 cm³/mol. The fourth-order valence-corrected chi connectivity index (χ4v) is 6.81. The number of methoxy groups -OCH3 is 1. The van der Waals surface area contributed by atoms with Crippen LogP contribution in [-0.4, -0.2) is 24.3 Å². The van der Waals surface area contributed by atoms with Crippen LogP contribution in [-0.2, 0) is 16.1 Å². The first kappa shape index (κ1) is 32.0. The Morgan fingerprint density at radius 3 is 2.57 bits per heavy atom. The second kappa shape index (κ2) is 14.2. The van der Waals surface area contributed by atoms with E-state index in [1.165, 1.54) is 11.3 Å². The molecule has 4 aromatic rings. The number of carbonyl (C=O) groups excluding carboxylic acids is 1. The number of fused-ring (bicyclic) bond motifs is 1. The van der Waals surface area contributed by atoms with Crippen molar-refractivity contribution in [3.8, 4) is 11.5 Å². The fraction of sp³-hybridized carbons (Fsp3) is 0.242. The summed E-state index contributed by atoms with van der Waals surface area (Å²) < 4.78 is 20.1. The Balaban J connectivity index is 1.70. The Kier molecular flexibility index (Phi) is 10.3. The van der Waals surface area contributed by atoms with E-state index < -0.39 is 12.0 Å². The molecule has 0 saturated heterocycles. The van der Waals surface area contributed by atoms with Crippen LogP contribution >= 0.6 is 50.5 Å². The number of hydrogen-bond donors (Lipinski definition) is 0. The number of hydrogen-bond acceptors (Lipinski definition) is 7. The Hall–Kier alpha value is -3.37. The highest BCUT2D eigenvalue weighted by molar-refractivity contribution is 9.10. The summed E-state index contributed by atoms with van der Waals surface area (Å²) in [6.07, 6.45) is 3.02. The average molecular weight is 716 g/mol. The zero-order chi connectivity index (χ0) is 31.4. The molecule has 5 rings (SSSR count). The van der Waals surface area contributed by atoms with E-state index in [1.54, 1.807) is 55.0 Å². The standard InChI is InChI=1S/C33H29BrCl2N2O5S/c1-4-7-25-29(32(40)42-5-2)30(24-17-21(34)10-12-27(24)41-3)38-31(39)28(44-33(38)37-25)16-20-15-23(36)11-13-26(20)43-18-19-8-6-9-22(35)14-19/h6,8-17,30H,4-5,7,18H2,1-3H3/b28-16+/t30-/m1/s1. The van der Waals surface area contributed by atoms with E-state index in [0.717, 1.165) is 16.5 Å². The number of nitrogens with zero attached hydrogens (tertiary/aromatic N) is 2. The van der Waals surface area contributed by atoms with Gasteiger partial charge in [0.1, 0.15) is 24.1 Å². The van der Waals surface area contributed by atoms with Crippen LogP contribution < -0.4 is 24.4 Å². The highest BCUT2D eigenvalue weighted by Gasteiger charge is 2.36. The van der Waals surface area contributed by atoms with E-state index in [1.807, 2.05) is 37.3 Å². The maximum Gasteiger partial charge on any atom is 0.338 e. The van der Waals surface area contributed by atoms with E-state index in [0.29, 0.717) is 59.7 Å². The summed E-state index contributed by atoms with van der Waals surface area (Å²) >= 11 is 17.3. The zero-order valence-corrected chi connectivity index (χ0v) is 28.1. The van der Waals surface area contributed by atoms with E-state index in [-0.39, 0.29) is 18.8 Å². The third kappa shape index (κ3) is 6.81. The largest absolute Gasteiger partial charge is 0.496 e. The molecule has 2 heterocycles. The molecule has 1 aliphatic heterocycles. The first-order chi connectivity index (χ1) is 21.2. The lowest BCUT2D eigenvalue weighted by Gasteiger charge is -2.27. The van der Waals surface area contributed by atoms with Gasteiger partial charge < -0.3 is 14.2 Å². The molecule has 7 nitrogen and oxygen atoms in total. The van der Waals surface area contributed by atoms with E-state index in [9.17, 15) is 9.59 Å². The third-order valence-corrected chi connectivity index (χ3v) is 8.87. The smallest absolute Gasteiger partial charge is 0.338 e. The maximum absolute atomic E-state index is 14.3. The minimum atomic E-state index is -0.820. The van der Waals surface area contributed by atoms with Crippen molar-refractivity contribution in [3.05, 3.63) is 123 Å². The molecule has 0 amide bonds. The van der Waals surface area contributed by atoms with Gasteiger partial charge >= 0.3 is 5.97 Å². The second-order valence-electron chi connectivity index (χ2n) is 9.90. The summed E-state index contributed by atoms with van der Waals surface area (Å²) in [5.41, 5.74) is 2.74. The molecule has 0 radical (unpaired) electrons. The van der Waals surface area contributed by atoms with Crippen molar-refractivity contribution in [1.82, 2.24) is 4.57 Å². The van der Waals surface area contributed by atoms with Crippen LogP contribution in [0.2, 0.25) is 10.0 Å². The van der Waals surface area contributed by atoms with Gasteiger partial charge in [-0.15, -0.1) is 0 Å². The quantitative estimate of drug-likeness (QED) is 0.162. The molecular formula is C33H29BrCl2N2O5S. The number of ether oxygens (including phenoxy) is 3. The number of aromatic nitrogens is 1. The van der Waals surface area contributed by atoms with Gasteiger partial charge in [0.2, 0.25) is 0 Å². The zero-order valence-electron chi connectivity index (χ0n) is 24.2. The van der Waals surface area contributed by atoms with Gasteiger partial charge in [0.05, 0.1) is 29.5 Å². The summed E-state index contributed by atoms with van der Waals surface area (Å²) in [6, 6.07) is 17.3. The van der Waals surface area contributed by atoms with Crippen molar-refractivity contribution in [2.75, 3.05) is 13.7 Å². The summed E-state index contributed by atoms with van der Waals surface area (Å²) in [7, 11) is 1.56. The van der Waals surface area contributed by atoms with Crippen molar-refractivity contribution in [2.24, 2.45) is 4.99 Å². The van der Waals surface area contributed by atoms with Gasteiger partial charge in [-0.25, -0.2) is 9.79 Å². The normalized spacial score (nSPS) is 14.7. The highest BCUT2D eigenvalue weighted by atomic mass is 79.9. The van der Waals surface area contributed by atoms with Crippen LogP contribution in [0.5, 0.6) is 11.5 Å². The molecule has 0 saturated carbocycles. The van der Waals surface area contributed by atoms with Crippen molar-refractivity contribution in [3.63, 3.8) is 0 Å². The van der Waals surface area contributed by atoms with Crippen molar-refractivity contribution in [2.45, 2.75) is 39.3 Å². The number of carbonyl (C=O) groups is 1. The van der Waals surface area contributed by atoms with Gasteiger partial charge in [0.25, 0.3) is 5.56 Å². The number of rotatable bonds is 10. The summed E-state index contributed by atoms with van der Waals surface area (Å²) in [5, 5.41) is 1.11. The average Bonchev–Trinajstić information content (AvgIpc) is 3.30. The molecule has 0 aliphatic carbocycles. The SMILES string of the molecule is CCCC1=C(C(=O)OCC)[C@@H](c2cc(Br)ccc2OC)n2c(s/c(=C/c3cc(Cl)ccc3OCc3cccc(Cl)c3)c2=O)=N1. The van der Waals surface area contributed by atoms with Crippen molar-refractivity contribution >= 4 is 62.5 Å². The summed E-state index contributed by atoms with van der Waals surface area (Å²) in [4.78, 5) is 33.1. The van der Waals surface area contributed by atoms with E-state index in [2.05, 4.69) is 15.9 Å². The molecule has 228 valence electrons. The molecule has 1 aliphatic rings. The number of allylic oxidation sites excluding steroid dienone is 1. The van der Waals surface area contributed by atoms with Gasteiger partial charge in [-0.3, -0.25) is 9.36 Å². The van der Waals surface area contributed by atoms with Crippen LogP contribution in [0, 0.1) is 0 Å². The molecular weight excluding hydrogens is 687 g/mol. The molecule has 0 fully saturated rings. The van der Waals surface area contributed by atoms with Gasteiger partial charge in [0, 0.05) is 25.6 Å². The maximum atomic E-state index is 14.3. The van der Waals surface area contributed by atoms with Crippen LogP contribution in [0.15, 0.2) is 86.2 Å².